The van der Waals surface area contributed by atoms with E-state index in [1.165, 1.54) is 57.8 Å². The zero-order valence-corrected chi connectivity index (χ0v) is 22.6. The molecule has 3 rings (SSSR count). The molecule has 1 heterocycles. The lowest BCUT2D eigenvalue weighted by Gasteiger charge is -2.09. The molecule has 2 aromatic carbocycles. The van der Waals surface area contributed by atoms with E-state index in [-0.39, 0.29) is 6.61 Å². The first-order valence-corrected chi connectivity index (χ1v) is 14.1. The highest BCUT2D eigenvalue weighted by molar-refractivity contribution is 5.64. The van der Waals surface area contributed by atoms with Crippen molar-refractivity contribution in [2.75, 3.05) is 13.2 Å². The molecule has 1 atom stereocenters. The van der Waals surface area contributed by atoms with Crippen molar-refractivity contribution in [1.82, 2.24) is 9.97 Å². The van der Waals surface area contributed by atoms with Gasteiger partial charge in [0, 0.05) is 23.5 Å². The summed E-state index contributed by atoms with van der Waals surface area (Å²) < 4.78 is 24.8. The second kappa shape index (κ2) is 16.7. The first kappa shape index (κ1) is 28.6. The number of unbranched alkanes of at least 4 members (excludes halogenated alkanes) is 9. The molecule has 5 heteroatoms. The van der Waals surface area contributed by atoms with Crippen LogP contribution in [0.25, 0.3) is 22.5 Å². The summed E-state index contributed by atoms with van der Waals surface area (Å²) in [5.41, 5.74) is 2.86. The van der Waals surface area contributed by atoms with Crippen LogP contribution in [-0.2, 0) is 0 Å². The fourth-order valence-corrected chi connectivity index (χ4v) is 4.15. The molecule has 0 amide bonds. The quantitative estimate of drug-likeness (QED) is 0.161. The molecule has 4 nitrogen and oxygen atoms in total. The monoisotopic (exact) mass is 506 g/mol. The molecule has 0 saturated carbocycles. The summed E-state index contributed by atoms with van der Waals surface area (Å²) in [7, 11) is 0. The molecular weight excluding hydrogens is 463 g/mol. The third kappa shape index (κ3) is 10.5. The van der Waals surface area contributed by atoms with Gasteiger partial charge in [0.15, 0.2) is 5.82 Å². The molecule has 200 valence electrons. The summed E-state index contributed by atoms with van der Waals surface area (Å²) in [4.78, 5) is 9.09. The summed E-state index contributed by atoms with van der Waals surface area (Å²) in [5.74, 6) is 2.22. The number of benzene rings is 2. The molecule has 0 radical (unpaired) electrons. The molecule has 0 aliphatic heterocycles. The van der Waals surface area contributed by atoms with Crippen molar-refractivity contribution in [3.05, 3.63) is 60.9 Å². The number of aromatic nitrogens is 2. The Labute approximate surface area is 222 Å². The lowest BCUT2D eigenvalue weighted by Crippen LogP contribution is -2.11. The van der Waals surface area contributed by atoms with Crippen LogP contribution in [0.1, 0.15) is 84.5 Å². The van der Waals surface area contributed by atoms with Gasteiger partial charge in [-0.15, -0.1) is 0 Å². The summed E-state index contributed by atoms with van der Waals surface area (Å²) in [6.07, 6.45) is 16.4. The number of hydrogen-bond acceptors (Lipinski definition) is 4. The first-order chi connectivity index (χ1) is 18.2. The van der Waals surface area contributed by atoms with E-state index >= 15 is 0 Å². The molecule has 37 heavy (non-hydrogen) atoms. The van der Waals surface area contributed by atoms with Crippen molar-refractivity contribution in [1.29, 1.82) is 0 Å². The zero-order valence-electron chi connectivity index (χ0n) is 22.6. The topological polar surface area (TPSA) is 44.2 Å². The number of rotatable bonds is 18. The first-order valence-electron chi connectivity index (χ1n) is 14.1. The summed E-state index contributed by atoms with van der Waals surface area (Å²) in [5, 5.41) is 0. The molecular formula is C32H43FN2O2. The highest BCUT2D eigenvalue weighted by atomic mass is 19.1. The Bertz CT molecular complexity index is 991. The van der Waals surface area contributed by atoms with Crippen LogP contribution in [0.5, 0.6) is 11.5 Å². The fraction of sp³-hybridized carbons (Fsp3) is 0.500. The van der Waals surface area contributed by atoms with Crippen LogP contribution in [0.4, 0.5) is 4.39 Å². The van der Waals surface area contributed by atoms with Gasteiger partial charge in [0.2, 0.25) is 0 Å². The number of alkyl halides is 1. The Kier molecular flexibility index (Phi) is 12.9. The Morgan fingerprint density at radius 2 is 1.14 bits per heavy atom. The van der Waals surface area contributed by atoms with E-state index in [1.54, 1.807) is 0 Å². The van der Waals surface area contributed by atoms with Gasteiger partial charge < -0.3 is 9.47 Å². The summed E-state index contributed by atoms with van der Waals surface area (Å²) >= 11 is 0. The second-order valence-corrected chi connectivity index (χ2v) is 9.69. The molecule has 0 bridgehead atoms. The highest BCUT2D eigenvalue weighted by Crippen LogP contribution is 2.24. The van der Waals surface area contributed by atoms with E-state index < -0.39 is 6.17 Å². The van der Waals surface area contributed by atoms with Crippen molar-refractivity contribution in [2.45, 2.75) is 90.6 Å². The van der Waals surface area contributed by atoms with Crippen LogP contribution in [0.2, 0.25) is 0 Å². The van der Waals surface area contributed by atoms with Crippen LogP contribution >= 0.6 is 0 Å². The van der Waals surface area contributed by atoms with Gasteiger partial charge in [-0.25, -0.2) is 14.4 Å². The maximum absolute atomic E-state index is 13.4. The minimum absolute atomic E-state index is 0.0802. The van der Waals surface area contributed by atoms with Crippen LogP contribution in [0, 0.1) is 0 Å². The lowest BCUT2D eigenvalue weighted by atomic mass is 10.1. The van der Waals surface area contributed by atoms with Gasteiger partial charge in [0.1, 0.15) is 24.3 Å². The second-order valence-electron chi connectivity index (χ2n) is 9.69. The molecule has 1 unspecified atom stereocenters. The van der Waals surface area contributed by atoms with Gasteiger partial charge in [-0.3, -0.25) is 0 Å². The summed E-state index contributed by atoms with van der Waals surface area (Å²) in [6.45, 7) is 4.92. The van der Waals surface area contributed by atoms with Crippen LogP contribution in [0.3, 0.4) is 0 Å². The van der Waals surface area contributed by atoms with Crippen molar-refractivity contribution in [3.63, 3.8) is 0 Å². The maximum Gasteiger partial charge on any atom is 0.159 e. The van der Waals surface area contributed by atoms with Crippen LogP contribution in [0.15, 0.2) is 60.9 Å². The third-order valence-electron chi connectivity index (χ3n) is 6.59. The van der Waals surface area contributed by atoms with E-state index in [1.807, 2.05) is 67.8 Å². The van der Waals surface area contributed by atoms with Crippen molar-refractivity contribution in [2.24, 2.45) is 0 Å². The molecule has 0 aliphatic carbocycles. The molecule has 0 fully saturated rings. The van der Waals surface area contributed by atoms with Gasteiger partial charge in [0.25, 0.3) is 0 Å². The number of nitrogens with zero attached hydrogens (tertiary/aromatic N) is 2. The Balaban J connectivity index is 1.37. The molecule has 0 aliphatic rings. The standard InChI is InChI=1S/C32H43FN2O2/c1-3-5-6-7-8-9-10-11-12-13-22-36-30-20-16-27(17-21-30)32-34-23-28(24-35-32)26-14-18-31(19-15-26)37-25-29(33)4-2/h14-21,23-24,29H,3-13,22,25H2,1-2H3. The summed E-state index contributed by atoms with van der Waals surface area (Å²) in [6, 6.07) is 15.6. The maximum atomic E-state index is 13.4. The van der Waals surface area contributed by atoms with Gasteiger partial charge in [-0.1, -0.05) is 83.8 Å². The van der Waals surface area contributed by atoms with Crippen molar-refractivity contribution < 1.29 is 13.9 Å². The fourth-order valence-electron chi connectivity index (χ4n) is 4.15. The van der Waals surface area contributed by atoms with Crippen LogP contribution < -0.4 is 9.47 Å². The number of ether oxygens (including phenoxy) is 2. The Hall–Kier alpha value is -2.95. The van der Waals surface area contributed by atoms with E-state index in [2.05, 4.69) is 16.9 Å². The largest absolute Gasteiger partial charge is 0.494 e. The molecule has 0 spiro atoms. The molecule has 1 aromatic heterocycles. The predicted molar refractivity (Wildman–Crippen MR) is 151 cm³/mol. The third-order valence-corrected chi connectivity index (χ3v) is 6.59. The number of hydrogen-bond donors (Lipinski definition) is 0. The molecule has 0 N–H and O–H groups in total. The molecule has 0 saturated heterocycles. The van der Waals surface area contributed by atoms with E-state index in [0.717, 1.165) is 35.5 Å². The SMILES string of the molecule is CCCCCCCCCCCCOc1ccc(-c2ncc(-c3ccc(OCC(F)CC)cc3)cn2)cc1. The average Bonchev–Trinajstić information content (AvgIpc) is 2.95. The predicted octanol–water partition coefficient (Wildman–Crippen LogP) is 9.24. The molecule has 3 aromatic rings. The van der Waals surface area contributed by atoms with Crippen LogP contribution in [-0.4, -0.2) is 29.4 Å². The number of halogens is 1. The normalized spacial score (nSPS) is 11.9. The van der Waals surface area contributed by atoms with Gasteiger partial charge >= 0.3 is 0 Å². The Morgan fingerprint density at radius 3 is 1.70 bits per heavy atom. The minimum Gasteiger partial charge on any atom is -0.494 e. The lowest BCUT2D eigenvalue weighted by molar-refractivity contribution is 0.192. The van der Waals surface area contributed by atoms with Crippen molar-refractivity contribution in [3.8, 4) is 34.0 Å². The highest BCUT2D eigenvalue weighted by Gasteiger charge is 2.07. The van der Waals surface area contributed by atoms with Gasteiger partial charge in [-0.05, 0) is 54.8 Å². The van der Waals surface area contributed by atoms with E-state index in [4.69, 9.17) is 9.47 Å². The van der Waals surface area contributed by atoms with E-state index in [9.17, 15) is 4.39 Å². The minimum atomic E-state index is -0.939. The average molecular weight is 507 g/mol. The Morgan fingerprint density at radius 1 is 0.622 bits per heavy atom. The van der Waals surface area contributed by atoms with Gasteiger partial charge in [-0.2, -0.15) is 0 Å². The van der Waals surface area contributed by atoms with Gasteiger partial charge in [0.05, 0.1) is 6.61 Å². The van der Waals surface area contributed by atoms with Crippen molar-refractivity contribution >= 4 is 0 Å². The zero-order chi connectivity index (χ0) is 26.1. The smallest absolute Gasteiger partial charge is 0.159 e. The van der Waals surface area contributed by atoms with E-state index in [0.29, 0.717) is 18.0 Å².